The summed E-state index contributed by atoms with van der Waals surface area (Å²) >= 11 is 0. The zero-order valence-corrected chi connectivity index (χ0v) is 13.3. The van der Waals surface area contributed by atoms with Crippen LogP contribution in [0.2, 0.25) is 0 Å². The van der Waals surface area contributed by atoms with Gasteiger partial charge >= 0.3 is 6.09 Å². The molecule has 2 unspecified atom stereocenters. The van der Waals surface area contributed by atoms with Gasteiger partial charge in [-0.3, -0.25) is 9.88 Å². The van der Waals surface area contributed by atoms with Crippen molar-refractivity contribution in [2.75, 3.05) is 6.54 Å². The molecule has 3 rings (SSSR count). The van der Waals surface area contributed by atoms with Crippen LogP contribution in [0.25, 0.3) is 0 Å². The largest absolute Gasteiger partial charge is 0.433 e. The van der Waals surface area contributed by atoms with E-state index < -0.39 is 17.4 Å². The van der Waals surface area contributed by atoms with Gasteiger partial charge in [0.1, 0.15) is 0 Å². The highest BCUT2D eigenvalue weighted by molar-refractivity contribution is 5.72. The van der Waals surface area contributed by atoms with E-state index in [2.05, 4.69) is 4.98 Å². The molecular formula is C18H20N2O3. The Labute approximate surface area is 135 Å². The molecule has 0 radical (unpaired) electrons. The van der Waals surface area contributed by atoms with Crippen molar-refractivity contribution >= 4 is 6.09 Å². The van der Waals surface area contributed by atoms with Crippen LogP contribution in [0.4, 0.5) is 4.79 Å². The van der Waals surface area contributed by atoms with E-state index in [0.29, 0.717) is 18.5 Å². The van der Waals surface area contributed by atoms with Crippen molar-refractivity contribution in [2.24, 2.45) is 0 Å². The fraction of sp³-hybridized carbons (Fsp3) is 0.333. The molecule has 0 saturated carbocycles. The smallest absolute Gasteiger partial charge is 0.413 e. The molecule has 2 atom stereocenters. The number of hydrogen-bond acceptors (Lipinski definition) is 4. The van der Waals surface area contributed by atoms with Gasteiger partial charge in [0.25, 0.3) is 0 Å². The zero-order valence-electron chi connectivity index (χ0n) is 13.3. The standard InChI is InChI=1S/C18H20N2O3/c1-17(15-9-6-11-19-13-15)18(2,22)20(16(21)23-17)12-10-14-7-4-3-5-8-14/h3-9,11,13,22H,10,12H2,1-2H3. The minimum Gasteiger partial charge on any atom is -0.433 e. The molecule has 0 aliphatic carbocycles. The number of cyclic esters (lactones) is 1. The molecule has 1 fully saturated rings. The lowest BCUT2D eigenvalue weighted by Crippen LogP contribution is -2.53. The first-order valence-corrected chi connectivity index (χ1v) is 7.62. The molecule has 1 aliphatic rings. The number of carbonyl (C=O) groups is 1. The van der Waals surface area contributed by atoms with Crippen LogP contribution in [-0.2, 0) is 16.8 Å². The van der Waals surface area contributed by atoms with Gasteiger partial charge in [-0.25, -0.2) is 4.79 Å². The van der Waals surface area contributed by atoms with Crippen LogP contribution < -0.4 is 0 Å². The maximum absolute atomic E-state index is 12.3. The number of pyridine rings is 1. The van der Waals surface area contributed by atoms with E-state index in [1.54, 1.807) is 38.4 Å². The summed E-state index contributed by atoms with van der Waals surface area (Å²) in [6.45, 7) is 3.70. The van der Waals surface area contributed by atoms with Crippen molar-refractivity contribution in [1.82, 2.24) is 9.88 Å². The predicted molar refractivity (Wildman–Crippen MR) is 85.5 cm³/mol. The number of nitrogens with zero attached hydrogens (tertiary/aromatic N) is 2. The molecule has 2 heterocycles. The Morgan fingerprint density at radius 1 is 1.17 bits per heavy atom. The predicted octanol–water partition coefficient (Wildman–Crippen LogP) is 2.70. The molecule has 120 valence electrons. The van der Waals surface area contributed by atoms with Gasteiger partial charge in [-0.1, -0.05) is 36.4 Å². The average molecular weight is 312 g/mol. The molecule has 1 saturated heterocycles. The molecule has 1 amide bonds. The van der Waals surface area contributed by atoms with Crippen LogP contribution in [0.5, 0.6) is 0 Å². The summed E-state index contributed by atoms with van der Waals surface area (Å²) in [6, 6.07) is 13.4. The van der Waals surface area contributed by atoms with Crippen molar-refractivity contribution in [3.63, 3.8) is 0 Å². The van der Waals surface area contributed by atoms with Crippen LogP contribution in [0.15, 0.2) is 54.9 Å². The number of hydrogen-bond donors (Lipinski definition) is 1. The molecular weight excluding hydrogens is 292 g/mol. The number of aliphatic hydroxyl groups is 1. The highest BCUT2D eigenvalue weighted by atomic mass is 16.6. The van der Waals surface area contributed by atoms with Crippen LogP contribution in [-0.4, -0.2) is 33.4 Å². The van der Waals surface area contributed by atoms with E-state index in [4.69, 9.17) is 4.74 Å². The highest BCUT2D eigenvalue weighted by Gasteiger charge is 2.60. The summed E-state index contributed by atoms with van der Waals surface area (Å²) in [5, 5.41) is 11.0. The number of amides is 1. The third-order valence-electron chi connectivity index (χ3n) is 4.62. The molecule has 0 spiro atoms. The summed E-state index contributed by atoms with van der Waals surface area (Å²) in [4.78, 5) is 17.8. The molecule has 1 aliphatic heterocycles. The number of ether oxygens (including phenoxy) is 1. The normalized spacial score (nSPS) is 27.1. The summed E-state index contributed by atoms with van der Waals surface area (Å²) < 4.78 is 5.55. The fourth-order valence-corrected chi connectivity index (χ4v) is 2.93. The van der Waals surface area contributed by atoms with E-state index in [1.807, 2.05) is 30.3 Å². The van der Waals surface area contributed by atoms with E-state index in [9.17, 15) is 9.90 Å². The van der Waals surface area contributed by atoms with Crippen LogP contribution in [0, 0.1) is 0 Å². The molecule has 0 bridgehead atoms. The van der Waals surface area contributed by atoms with E-state index in [-0.39, 0.29) is 0 Å². The Hall–Kier alpha value is -2.40. The Morgan fingerprint density at radius 2 is 1.91 bits per heavy atom. The molecule has 5 nitrogen and oxygen atoms in total. The molecule has 5 heteroatoms. The van der Waals surface area contributed by atoms with Crippen molar-refractivity contribution in [2.45, 2.75) is 31.6 Å². The van der Waals surface area contributed by atoms with Gasteiger partial charge in [0.05, 0.1) is 0 Å². The quantitative estimate of drug-likeness (QED) is 0.943. The summed E-state index contributed by atoms with van der Waals surface area (Å²) in [6.07, 6.45) is 3.39. The van der Waals surface area contributed by atoms with E-state index >= 15 is 0 Å². The van der Waals surface area contributed by atoms with Gasteiger partial charge in [-0.15, -0.1) is 0 Å². The lowest BCUT2D eigenvalue weighted by molar-refractivity contribution is -0.140. The number of rotatable bonds is 4. The van der Waals surface area contributed by atoms with E-state index in [1.165, 1.54) is 4.90 Å². The van der Waals surface area contributed by atoms with E-state index in [0.717, 1.165) is 5.56 Å². The lowest BCUT2D eigenvalue weighted by Gasteiger charge is -2.37. The topological polar surface area (TPSA) is 62.7 Å². The molecule has 1 N–H and O–H groups in total. The second-order valence-corrected chi connectivity index (χ2v) is 6.05. The Balaban J connectivity index is 1.84. The van der Waals surface area contributed by atoms with Gasteiger partial charge in [0.2, 0.25) is 0 Å². The van der Waals surface area contributed by atoms with Gasteiger partial charge in [0, 0.05) is 24.5 Å². The Bertz CT molecular complexity index is 688. The van der Waals surface area contributed by atoms with Crippen molar-refractivity contribution < 1.29 is 14.6 Å². The van der Waals surface area contributed by atoms with Crippen molar-refractivity contribution in [3.8, 4) is 0 Å². The SMILES string of the molecule is CC1(c2cccnc2)OC(=O)N(CCc2ccccc2)C1(C)O. The van der Waals surface area contributed by atoms with Gasteiger partial charge < -0.3 is 9.84 Å². The van der Waals surface area contributed by atoms with Gasteiger partial charge in [0.15, 0.2) is 11.3 Å². The highest BCUT2D eigenvalue weighted by Crippen LogP contribution is 2.44. The van der Waals surface area contributed by atoms with Crippen molar-refractivity contribution in [3.05, 3.63) is 66.0 Å². The minimum absolute atomic E-state index is 0.381. The number of aromatic nitrogens is 1. The van der Waals surface area contributed by atoms with Crippen LogP contribution in [0.1, 0.15) is 25.0 Å². The number of carbonyl (C=O) groups excluding carboxylic acids is 1. The Kier molecular flexibility index (Phi) is 3.82. The van der Waals surface area contributed by atoms with Crippen LogP contribution in [0.3, 0.4) is 0 Å². The van der Waals surface area contributed by atoms with Crippen molar-refractivity contribution in [1.29, 1.82) is 0 Å². The monoisotopic (exact) mass is 312 g/mol. The zero-order chi connectivity index (χ0) is 16.5. The first-order valence-electron chi connectivity index (χ1n) is 7.62. The third kappa shape index (κ3) is 2.57. The minimum atomic E-state index is -1.46. The summed E-state index contributed by atoms with van der Waals surface area (Å²) in [5.41, 5.74) is -0.844. The second-order valence-electron chi connectivity index (χ2n) is 6.05. The third-order valence-corrected chi connectivity index (χ3v) is 4.62. The van der Waals surface area contributed by atoms with Gasteiger partial charge in [-0.2, -0.15) is 0 Å². The summed E-state index contributed by atoms with van der Waals surface area (Å²) in [5.74, 6) is 0. The van der Waals surface area contributed by atoms with Gasteiger partial charge in [-0.05, 0) is 31.9 Å². The first-order chi connectivity index (χ1) is 10.9. The molecule has 23 heavy (non-hydrogen) atoms. The van der Waals surface area contributed by atoms with Crippen LogP contribution >= 0.6 is 0 Å². The molecule has 1 aromatic carbocycles. The molecule has 2 aromatic rings. The first kappa shape index (κ1) is 15.5. The maximum atomic E-state index is 12.3. The second kappa shape index (κ2) is 5.66. The number of benzene rings is 1. The maximum Gasteiger partial charge on any atom is 0.413 e. The Morgan fingerprint density at radius 3 is 2.57 bits per heavy atom. The summed E-state index contributed by atoms with van der Waals surface area (Å²) in [7, 11) is 0. The average Bonchev–Trinajstić information content (AvgIpc) is 2.73. The molecule has 1 aromatic heterocycles. The lowest BCUT2D eigenvalue weighted by atomic mass is 9.86. The fourth-order valence-electron chi connectivity index (χ4n) is 2.93.